The van der Waals surface area contributed by atoms with Crippen LogP contribution in [0.1, 0.15) is 35.2 Å². The Balaban J connectivity index is 1.64. The topological polar surface area (TPSA) is 84.5 Å². The Kier molecular flexibility index (Phi) is 9.86. The molecule has 0 aromatic heterocycles. The largest absolute Gasteiger partial charge is 0.386 e. The molecular weight excluding hydrogens is 446 g/mol. The molecule has 0 fully saturated rings. The molecule has 3 aromatic carbocycles. The normalized spacial score (nSPS) is 12.2. The van der Waals surface area contributed by atoms with Gasteiger partial charge >= 0.3 is 0 Å². The van der Waals surface area contributed by atoms with Crippen LogP contribution in [0, 0.1) is 0 Å². The van der Waals surface area contributed by atoms with Gasteiger partial charge in [0.05, 0.1) is 11.9 Å². The van der Waals surface area contributed by atoms with Crippen molar-refractivity contribution in [3.05, 3.63) is 96.1 Å². The lowest BCUT2D eigenvalue weighted by Gasteiger charge is -2.18. The molecule has 0 aliphatic rings. The van der Waals surface area contributed by atoms with Crippen molar-refractivity contribution in [2.45, 2.75) is 31.7 Å². The molecule has 0 aliphatic carbocycles. The van der Waals surface area contributed by atoms with E-state index in [4.69, 9.17) is 17.3 Å². The fourth-order valence-corrected chi connectivity index (χ4v) is 3.73. The van der Waals surface area contributed by atoms with Crippen LogP contribution < -0.4 is 11.1 Å². The molecule has 5 nitrogen and oxygen atoms in total. The molecule has 3 aromatic rings. The Hall–Kier alpha value is -3.44. The number of nitrogens with two attached hydrogens (primary N) is 1. The van der Waals surface area contributed by atoms with E-state index >= 15 is 0 Å². The van der Waals surface area contributed by atoms with Crippen LogP contribution in [0.15, 0.2) is 89.9 Å². The van der Waals surface area contributed by atoms with Gasteiger partial charge < -0.3 is 11.1 Å². The number of amides is 1. The summed E-state index contributed by atoms with van der Waals surface area (Å²) in [6, 6.07) is 26.7. The Morgan fingerprint density at radius 3 is 2.15 bits per heavy atom. The zero-order chi connectivity index (χ0) is 24.2. The van der Waals surface area contributed by atoms with Crippen LogP contribution in [0.5, 0.6) is 0 Å². The molecule has 0 heterocycles. The lowest BCUT2D eigenvalue weighted by Crippen LogP contribution is -2.41. The minimum Gasteiger partial charge on any atom is -0.386 e. The molecule has 3 N–H and O–H groups in total. The van der Waals surface area contributed by atoms with E-state index in [1.165, 1.54) is 0 Å². The quantitative estimate of drug-likeness (QED) is 0.167. The van der Waals surface area contributed by atoms with E-state index in [1.54, 1.807) is 12.1 Å². The van der Waals surface area contributed by atoms with Crippen molar-refractivity contribution in [2.24, 2.45) is 10.7 Å². The number of carbonyl (C=O) groups excluding carboxylic acids is 2. The summed E-state index contributed by atoms with van der Waals surface area (Å²) < 4.78 is 0. The number of alkyl halides is 1. The number of halogens is 1. The van der Waals surface area contributed by atoms with Crippen LogP contribution >= 0.6 is 11.6 Å². The molecule has 0 saturated carbocycles. The molecule has 3 rings (SSSR count). The summed E-state index contributed by atoms with van der Waals surface area (Å²) in [7, 11) is 0. The summed E-state index contributed by atoms with van der Waals surface area (Å²) in [5.74, 6) is 0.291. The Morgan fingerprint density at radius 2 is 1.50 bits per heavy atom. The fraction of sp³-hybridized carbons (Fsp3) is 0.250. The van der Waals surface area contributed by atoms with E-state index in [0.717, 1.165) is 16.7 Å². The number of hydrogen-bond donors (Lipinski definition) is 2. The molecular formula is C28H30ClN3O2. The van der Waals surface area contributed by atoms with Gasteiger partial charge in [-0.25, -0.2) is 0 Å². The monoisotopic (exact) mass is 475 g/mol. The lowest BCUT2D eigenvalue weighted by molar-refractivity contribution is -0.121. The van der Waals surface area contributed by atoms with Gasteiger partial charge in [-0.15, -0.1) is 11.6 Å². The summed E-state index contributed by atoms with van der Waals surface area (Å²) in [6.07, 6.45) is 2.09. The van der Waals surface area contributed by atoms with Gasteiger partial charge in [-0.2, -0.15) is 0 Å². The zero-order valence-electron chi connectivity index (χ0n) is 19.1. The average molecular weight is 476 g/mol. The predicted octanol–water partition coefficient (Wildman–Crippen LogP) is 5.03. The van der Waals surface area contributed by atoms with Crippen molar-refractivity contribution in [1.82, 2.24) is 5.32 Å². The summed E-state index contributed by atoms with van der Waals surface area (Å²) in [5.41, 5.74) is 9.38. The van der Waals surface area contributed by atoms with E-state index in [-0.39, 0.29) is 17.6 Å². The SMILES string of the molecule is NC(CCl)=NCCC[C@H](NC(=O)c1ccc(-c2ccccc2)cc1)C(=O)CCc1ccccc1. The number of hydrogen-bond acceptors (Lipinski definition) is 3. The van der Waals surface area contributed by atoms with E-state index in [9.17, 15) is 9.59 Å². The molecule has 0 unspecified atom stereocenters. The van der Waals surface area contributed by atoms with E-state index in [0.29, 0.717) is 43.6 Å². The number of benzene rings is 3. The number of ketones is 1. The maximum Gasteiger partial charge on any atom is 0.251 e. The highest BCUT2D eigenvalue weighted by molar-refractivity contribution is 6.27. The molecule has 0 spiro atoms. The third-order valence-corrected chi connectivity index (χ3v) is 5.83. The second-order valence-corrected chi connectivity index (χ2v) is 8.34. The number of nitrogens with zero attached hydrogens (tertiary/aromatic N) is 1. The summed E-state index contributed by atoms with van der Waals surface area (Å²) in [5, 5.41) is 2.94. The fourth-order valence-electron chi connectivity index (χ4n) is 3.65. The van der Waals surface area contributed by atoms with Gasteiger partial charge in [0.2, 0.25) is 0 Å². The number of Topliss-reactive ketones (excluding diaryl/α,β-unsaturated/α-hetero) is 1. The number of aryl methyl sites for hydroxylation is 1. The minimum absolute atomic E-state index is 0.00686. The van der Waals surface area contributed by atoms with Crippen LogP contribution in [-0.2, 0) is 11.2 Å². The first-order valence-corrected chi connectivity index (χ1v) is 12.0. The van der Waals surface area contributed by atoms with Crippen LogP contribution in [-0.4, -0.2) is 36.0 Å². The average Bonchev–Trinajstić information content (AvgIpc) is 2.89. The standard InChI is InChI=1S/C28H30ClN3O2/c29-20-27(30)31-19-7-12-25(26(33)18-13-21-8-3-1-4-9-21)32-28(34)24-16-14-23(15-17-24)22-10-5-2-6-11-22/h1-6,8-11,14-17,25H,7,12-13,18-20H2,(H2,30,31)(H,32,34)/t25-/m0/s1. The molecule has 1 atom stereocenters. The number of rotatable bonds is 12. The van der Waals surface area contributed by atoms with Crippen molar-refractivity contribution < 1.29 is 9.59 Å². The van der Waals surface area contributed by atoms with Crippen LogP contribution in [0.2, 0.25) is 0 Å². The molecule has 0 saturated heterocycles. The van der Waals surface area contributed by atoms with Gasteiger partial charge in [-0.05, 0) is 48.1 Å². The van der Waals surface area contributed by atoms with Gasteiger partial charge in [0.1, 0.15) is 5.84 Å². The molecule has 1 amide bonds. The summed E-state index contributed by atoms with van der Waals surface area (Å²) >= 11 is 5.66. The highest BCUT2D eigenvalue weighted by Crippen LogP contribution is 2.19. The molecule has 6 heteroatoms. The number of aliphatic imine (C=N–C) groups is 1. The highest BCUT2D eigenvalue weighted by Gasteiger charge is 2.21. The van der Waals surface area contributed by atoms with Crippen LogP contribution in [0.25, 0.3) is 11.1 Å². The Bertz CT molecular complexity index is 1080. The first-order chi connectivity index (χ1) is 16.6. The van der Waals surface area contributed by atoms with Gasteiger partial charge in [-0.3, -0.25) is 14.6 Å². The number of carbonyl (C=O) groups is 2. The zero-order valence-corrected chi connectivity index (χ0v) is 19.9. The van der Waals surface area contributed by atoms with Gasteiger partial charge in [0, 0.05) is 18.5 Å². The minimum atomic E-state index is -0.586. The van der Waals surface area contributed by atoms with Crippen molar-refractivity contribution in [3.63, 3.8) is 0 Å². The summed E-state index contributed by atoms with van der Waals surface area (Å²) in [4.78, 5) is 30.1. The van der Waals surface area contributed by atoms with Gasteiger partial charge in [0.25, 0.3) is 5.91 Å². The van der Waals surface area contributed by atoms with E-state index < -0.39 is 6.04 Å². The van der Waals surface area contributed by atoms with Crippen molar-refractivity contribution in [3.8, 4) is 11.1 Å². The number of amidine groups is 1. The smallest absolute Gasteiger partial charge is 0.251 e. The van der Waals surface area contributed by atoms with Crippen LogP contribution in [0.4, 0.5) is 0 Å². The summed E-state index contributed by atoms with van der Waals surface area (Å²) in [6.45, 7) is 0.461. The first-order valence-electron chi connectivity index (χ1n) is 11.4. The number of nitrogens with one attached hydrogen (secondary N) is 1. The van der Waals surface area contributed by atoms with Gasteiger partial charge in [0.15, 0.2) is 5.78 Å². The van der Waals surface area contributed by atoms with Crippen molar-refractivity contribution in [2.75, 3.05) is 12.4 Å². The molecule has 176 valence electrons. The molecule has 0 aliphatic heterocycles. The van der Waals surface area contributed by atoms with Crippen LogP contribution in [0.3, 0.4) is 0 Å². The maximum absolute atomic E-state index is 13.0. The first kappa shape index (κ1) is 25.2. The molecule has 34 heavy (non-hydrogen) atoms. The van der Waals surface area contributed by atoms with Crippen molar-refractivity contribution in [1.29, 1.82) is 0 Å². The Morgan fingerprint density at radius 1 is 0.882 bits per heavy atom. The second kappa shape index (κ2) is 13.3. The van der Waals surface area contributed by atoms with E-state index in [2.05, 4.69) is 10.3 Å². The maximum atomic E-state index is 13.0. The molecule has 0 radical (unpaired) electrons. The Labute approximate surface area is 206 Å². The highest BCUT2D eigenvalue weighted by atomic mass is 35.5. The predicted molar refractivity (Wildman–Crippen MR) is 139 cm³/mol. The van der Waals surface area contributed by atoms with Crippen molar-refractivity contribution >= 4 is 29.1 Å². The lowest BCUT2D eigenvalue weighted by atomic mass is 9.99. The third-order valence-electron chi connectivity index (χ3n) is 5.55. The second-order valence-electron chi connectivity index (χ2n) is 8.07. The third kappa shape index (κ3) is 7.85. The van der Waals surface area contributed by atoms with Gasteiger partial charge in [-0.1, -0.05) is 72.8 Å². The molecule has 0 bridgehead atoms. The van der Waals surface area contributed by atoms with E-state index in [1.807, 2.05) is 72.8 Å².